The minimum Gasteiger partial charge on any atom is -0.313 e. The molecule has 0 aromatic heterocycles. The van der Waals surface area contributed by atoms with E-state index in [2.05, 4.69) is 46.9 Å². The Bertz CT molecular complexity index is 209. The Balaban J connectivity index is 0.00000106. The van der Waals surface area contributed by atoms with Crippen LogP contribution in [0.1, 0.15) is 61.8 Å². The van der Waals surface area contributed by atoms with Crippen LogP contribution in [-0.2, 0) is 0 Å². The number of rotatable bonds is 0. The van der Waals surface area contributed by atoms with Gasteiger partial charge in [0.05, 0.1) is 0 Å². The van der Waals surface area contributed by atoms with E-state index in [-0.39, 0.29) is 0 Å². The minimum absolute atomic E-state index is 0.316. The van der Waals surface area contributed by atoms with Crippen LogP contribution in [0.2, 0.25) is 0 Å². The maximum Gasteiger partial charge on any atom is 0.0172 e. The maximum absolute atomic E-state index is 3.49. The molecule has 1 aliphatic rings. The van der Waals surface area contributed by atoms with Gasteiger partial charge in [-0.25, -0.2) is 0 Å². The fraction of sp³-hybridized carbons (Fsp3) is 0.867. The molecule has 1 nitrogen and oxygen atoms in total. The minimum atomic E-state index is 0.316. The van der Waals surface area contributed by atoms with Crippen molar-refractivity contribution in [3.8, 4) is 0 Å². The summed E-state index contributed by atoms with van der Waals surface area (Å²) in [5.74, 6) is 0. The van der Waals surface area contributed by atoms with Crippen LogP contribution in [0.3, 0.4) is 0 Å². The van der Waals surface area contributed by atoms with Crippen LogP contribution in [0.25, 0.3) is 0 Å². The van der Waals surface area contributed by atoms with Gasteiger partial charge < -0.3 is 5.32 Å². The second-order valence-electron chi connectivity index (χ2n) is 6.38. The molecule has 96 valence electrons. The highest BCUT2D eigenvalue weighted by molar-refractivity contribution is 5.28. The smallest absolute Gasteiger partial charge is 0.0172 e. The van der Waals surface area contributed by atoms with Crippen molar-refractivity contribution < 1.29 is 0 Å². The van der Waals surface area contributed by atoms with Crippen LogP contribution < -0.4 is 5.32 Å². The third-order valence-electron chi connectivity index (χ3n) is 3.03. The molecule has 0 amide bonds. The molecule has 0 aromatic carbocycles. The van der Waals surface area contributed by atoms with Crippen LogP contribution in [0.5, 0.6) is 0 Å². The van der Waals surface area contributed by atoms with E-state index in [0.29, 0.717) is 10.8 Å². The lowest BCUT2D eigenvalue weighted by Crippen LogP contribution is -2.34. The summed E-state index contributed by atoms with van der Waals surface area (Å²) in [7, 11) is 0. The van der Waals surface area contributed by atoms with E-state index < -0.39 is 0 Å². The van der Waals surface area contributed by atoms with Gasteiger partial charge >= 0.3 is 0 Å². The van der Waals surface area contributed by atoms with Gasteiger partial charge in [0.25, 0.3) is 0 Å². The van der Waals surface area contributed by atoms with Gasteiger partial charge in [-0.3, -0.25) is 0 Å². The Morgan fingerprint density at radius 2 is 1.25 bits per heavy atom. The summed E-state index contributed by atoms with van der Waals surface area (Å²) in [6.07, 6.45) is 1.22. The predicted molar refractivity (Wildman–Crippen MR) is 74.8 cm³/mol. The highest BCUT2D eigenvalue weighted by Gasteiger charge is 2.29. The highest BCUT2D eigenvalue weighted by atomic mass is 14.9. The van der Waals surface area contributed by atoms with Crippen LogP contribution in [0.15, 0.2) is 11.1 Å². The SMILES string of the molecule is CC.CC(C)(C)C1=C(C(C)(C)C)CNCC1. The second-order valence-corrected chi connectivity index (χ2v) is 6.38. The zero-order valence-corrected chi connectivity index (χ0v) is 12.6. The first-order valence-corrected chi connectivity index (χ1v) is 6.66. The first-order valence-electron chi connectivity index (χ1n) is 6.66. The van der Waals surface area contributed by atoms with Gasteiger partial charge in [0.2, 0.25) is 0 Å². The van der Waals surface area contributed by atoms with Crippen molar-refractivity contribution >= 4 is 0 Å². The third-order valence-corrected chi connectivity index (χ3v) is 3.03. The fourth-order valence-corrected chi connectivity index (χ4v) is 2.23. The molecule has 16 heavy (non-hydrogen) atoms. The molecule has 1 heteroatoms. The molecule has 0 fully saturated rings. The van der Waals surface area contributed by atoms with Crippen LogP contribution >= 0.6 is 0 Å². The van der Waals surface area contributed by atoms with Gasteiger partial charge in [-0.05, 0) is 23.8 Å². The summed E-state index contributed by atoms with van der Waals surface area (Å²) in [4.78, 5) is 0. The van der Waals surface area contributed by atoms with Crippen molar-refractivity contribution in [2.75, 3.05) is 13.1 Å². The monoisotopic (exact) mass is 225 g/mol. The number of hydrogen-bond donors (Lipinski definition) is 1. The van der Waals surface area contributed by atoms with Gasteiger partial charge in [-0.2, -0.15) is 0 Å². The summed E-state index contributed by atoms with van der Waals surface area (Å²) in [5.41, 5.74) is 3.95. The van der Waals surface area contributed by atoms with Crippen molar-refractivity contribution in [3.63, 3.8) is 0 Å². The van der Waals surface area contributed by atoms with Crippen LogP contribution in [-0.4, -0.2) is 13.1 Å². The summed E-state index contributed by atoms with van der Waals surface area (Å²) in [6.45, 7) is 20.2. The zero-order chi connectivity index (χ0) is 13.0. The van der Waals surface area contributed by atoms with Gasteiger partial charge in [-0.15, -0.1) is 0 Å². The molecule has 0 aromatic rings. The van der Waals surface area contributed by atoms with E-state index >= 15 is 0 Å². The van der Waals surface area contributed by atoms with Gasteiger partial charge in [0.1, 0.15) is 0 Å². The van der Waals surface area contributed by atoms with Crippen LogP contribution in [0, 0.1) is 10.8 Å². The molecular formula is C15H31N. The molecule has 0 radical (unpaired) electrons. The van der Waals surface area contributed by atoms with E-state index in [4.69, 9.17) is 0 Å². The molecule has 0 spiro atoms. The summed E-state index contributed by atoms with van der Waals surface area (Å²) in [6, 6.07) is 0. The first kappa shape index (κ1) is 15.7. The van der Waals surface area contributed by atoms with Crippen molar-refractivity contribution in [3.05, 3.63) is 11.1 Å². The summed E-state index contributed by atoms with van der Waals surface area (Å²) >= 11 is 0. The molecule has 1 rings (SSSR count). The Morgan fingerprint density at radius 1 is 0.812 bits per heavy atom. The Labute approximate surface area is 103 Å². The largest absolute Gasteiger partial charge is 0.313 e. The molecule has 1 heterocycles. The van der Waals surface area contributed by atoms with Gasteiger partial charge in [0.15, 0.2) is 0 Å². The molecule has 0 bridgehead atoms. The maximum atomic E-state index is 3.49. The Hall–Kier alpha value is -0.300. The van der Waals surface area contributed by atoms with Crippen LogP contribution in [0.4, 0.5) is 0 Å². The number of hydrogen-bond acceptors (Lipinski definition) is 1. The van der Waals surface area contributed by atoms with E-state index in [1.54, 1.807) is 11.1 Å². The fourth-order valence-electron chi connectivity index (χ4n) is 2.23. The van der Waals surface area contributed by atoms with Crippen molar-refractivity contribution in [2.24, 2.45) is 10.8 Å². The quantitative estimate of drug-likeness (QED) is 0.603. The lowest BCUT2D eigenvalue weighted by Gasteiger charge is -2.37. The van der Waals surface area contributed by atoms with Crippen molar-refractivity contribution in [1.82, 2.24) is 5.32 Å². The van der Waals surface area contributed by atoms with E-state index in [1.807, 2.05) is 13.8 Å². The van der Waals surface area contributed by atoms with E-state index in [0.717, 1.165) is 13.1 Å². The molecule has 1 N–H and O–H groups in total. The average Bonchev–Trinajstić information content (AvgIpc) is 2.18. The van der Waals surface area contributed by atoms with Crippen molar-refractivity contribution in [1.29, 1.82) is 0 Å². The van der Waals surface area contributed by atoms with Gasteiger partial charge in [-0.1, -0.05) is 66.5 Å². The van der Waals surface area contributed by atoms with E-state index in [9.17, 15) is 0 Å². The van der Waals surface area contributed by atoms with Crippen molar-refractivity contribution in [2.45, 2.75) is 61.8 Å². The lowest BCUT2D eigenvalue weighted by molar-refractivity contribution is 0.396. The molecule has 0 saturated carbocycles. The average molecular weight is 225 g/mol. The molecule has 0 atom stereocenters. The molecule has 0 unspecified atom stereocenters. The normalized spacial score (nSPS) is 18.0. The zero-order valence-electron chi connectivity index (χ0n) is 12.6. The summed E-state index contributed by atoms with van der Waals surface area (Å²) < 4.78 is 0. The topological polar surface area (TPSA) is 12.0 Å². The first-order chi connectivity index (χ1) is 7.23. The number of nitrogens with one attached hydrogen (secondary N) is 1. The summed E-state index contributed by atoms with van der Waals surface area (Å²) in [5, 5.41) is 3.49. The Kier molecular flexibility index (Phi) is 5.75. The standard InChI is InChI=1S/C13H25N.C2H6/c1-12(2,3)10-7-8-14-9-11(10)13(4,5)6;1-2/h14H,7-9H2,1-6H3;1-2H3. The third kappa shape index (κ3) is 4.29. The molecule has 0 saturated heterocycles. The van der Waals surface area contributed by atoms with Gasteiger partial charge in [0, 0.05) is 6.54 Å². The molecule has 1 aliphatic heterocycles. The molecule has 0 aliphatic carbocycles. The van der Waals surface area contributed by atoms with E-state index in [1.165, 1.54) is 6.42 Å². The lowest BCUT2D eigenvalue weighted by atomic mass is 9.72. The second kappa shape index (κ2) is 5.86. The highest BCUT2D eigenvalue weighted by Crippen LogP contribution is 2.39. The molecular weight excluding hydrogens is 194 g/mol. The Morgan fingerprint density at radius 3 is 1.56 bits per heavy atom. The predicted octanol–water partition coefficient (Wildman–Crippen LogP) is 4.39.